The maximum Gasteiger partial charge on any atom is 0.167 e. The van der Waals surface area contributed by atoms with Gasteiger partial charge in [0, 0.05) is 5.92 Å². The zero-order valence-electron chi connectivity index (χ0n) is 22.8. The number of ether oxygens (including phenoxy) is 2. The van der Waals surface area contributed by atoms with Gasteiger partial charge < -0.3 is 19.9 Å². The molecule has 1 saturated heterocycles. The van der Waals surface area contributed by atoms with Crippen LogP contribution in [0.2, 0.25) is 0 Å². The van der Waals surface area contributed by atoms with Crippen molar-refractivity contribution in [3.05, 3.63) is 114 Å². The van der Waals surface area contributed by atoms with Gasteiger partial charge in [-0.25, -0.2) is 15.0 Å². The molecule has 4 atom stereocenters. The second-order valence-electron chi connectivity index (χ2n) is 10.3. The molecule has 1 aliphatic rings. The number of hydrogen-bond donors (Lipinski definition) is 2. The lowest BCUT2D eigenvalue weighted by Crippen LogP contribution is -2.38. The molecule has 1 aliphatic heterocycles. The first-order valence-corrected chi connectivity index (χ1v) is 13.5. The first-order valence-electron chi connectivity index (χ1n) is 13.5. The first kappa shape index (κ1) is 26.0. The van der Waals surface area contributed by atoms with Gasteiger partial charge in [-0.15, -0.1) is 0 Å². The van der Waals surface area contributed by atoms with Crippen molar-refractivity contribution in [2.24, 2.45) is 11.8 Å². The maximum atomic E-state index is 9.82. The van der Waals surface area contributed by atoms with E-state index >= 15 is 0 Å². The van der Waals surface area contributed by atoms with Gasteiger partial charge in [0.2, 0.25) is 0 Å². The van der Waals surface area contributed by atoms with Gasteiger partial charge in [-0.3, -0.25) is 4.57 Å². The average molecular weight is 536 g/mol. The van der Waals surface area contributed by atoms with Crippen LogP contribution in [0, 0.1) is 11.8 Å². The molecule has 0 amide bonds. The number of benzene rings is 3. The van der Waals surface area contributed by atoms with Crippen LogP contribution in [0.3, 0.4) is 0 Å². The number of imidazole rings is 1. The fourth-order valence-electron chi connectivity index (χ4n) is 5.79. The molecule has 0 saturated carbocycles. The lowest BCUT2D eigenvalue weighted by atomic mass is 9.77. The van der Waals surface area contributed by atoms with Gasteiger partial charge in [0.05, 0.1) is 26.1 Å². The van der Waals surface area contributed by atoms with Crippen molar-refractivity contribution in [2.75, 3.05) is 19.0 Å². The third kappa shape index (κ3) is 4.29. The normalized spacial score (nSPS) is 21.0. The predicted molar refractivity (Wildman–Crippen MR) is 154 cm³/mol. The van der Waals surface area contributed by atoms with Crippen LogP contribution < -0.4 is 10.1 Å². The van der Waals surface area contributed by atoms with Gasteiger partial charge in [-0.2, -0.15) is 0 Å². The van der Waals surface area contributed by atoms with Crippen LogP contribution in [-0.4, -0.2) is 44.4 Å². The number of nitrogens with one attached hydrogen (secondary N) is 1. The van der Waals surface area contributed by atoms with Crippen LogP contribution in [0.15, 0.2) is 97.6 Å². The lowest BCUT2D eigenvalue weighted by molar-refractivity contribution is -0.0336. The summed E-state index contributed by atoms with van der Waals surface area (Å²) in [5, 5.41) is 13.6. The quantitative estimate of drug-likeness (QED) is 0.257. The van der Waals surface area contributed by atoms with E-state index in [9.17, 15) is 5.11 Å². The number of aromatic nitrogens is 4. The van der Waals surface area contributed by atoms with Crippen LogP contribution in [0.4, 0.5) is 5.82 Å². The summed E-state index contributed by atoms with van der Waals surface area (Å²) in [5.74, 6) is 1.76. The minimum Gasteiger partial charge on any atom is -0.497 e. The largest absolute Gasteiger partial charge is 0.497 e. The van der Waals surface area contributed by atoms with Crippen LogP contribution in [0.25, 0.3) is 11.2 Å². The summed E-state index contributed by atoms with van der Waals surface area (Å²) in [6, 6.07) is 28.8. The number of anilines is 1. The molecule has 0 bridgehead atoms. The van der Waals surface area contributed by atoms with E-state index < -0.39 is 5.54 Å². The summed E-state index contributed by atoms with van der Waals surface area (Å²) in [6.45, 7) is 4.22. The van der Waals surface area contributed by atoms with Crippen LogP contribution >= 0.6 is 0 Å². The van der Waals surface area contributed by atoms with E-state index in [0.29, 0.717) is 17.0 Å². The molecule has 0 aliphatic carbocycles. The van der Waals surface area contributed by atoms with Crippen molar-refractivity contribution in [1.82, 2.24) is 19.5 Å². The molecular formula is C32H33N5O3. The summed E-state index contributed by atoms with van der Waals surface area (Å²) < 4.78 is 13.7. The zero-order valence-corrected chi connectivity index (χ0v) is 22.8. The molecule has 2 aromatic heterocycles. The lowest BCUT2D eigenvalue weighted by Gasteiger charge is -2.37. The SMILES string of the molecule is COc1ccc(C(Nc2ncnc3c2ncn3[C@@H]2O[C@H](CO)C(C)C2C)(c2ccccc2)c2ccccc2)cc1. The Kier molecular flexibility index (Phi) is 6.96. The Balaban J connectivity index is 1.52. The van der Waals surface area contributed by atoms with Gasteiger partial charge in [0.1, 0.15) is 23.8 Å². The van der Waals surface area contributed by atoms with Crippen molar-refractivity contribution in [3.8, 4) is 5.75 Å². The van der Waals surface area contributed by atoms with E-state index in [1.165, 1.54) is 0 Å². The Labute approximate surface area is 233 Å². The summed E-state index contributed by atoms with van der Waals surface area (Å²) in [7, 11) is 1.67. The van der Waals surface area contributed by atoms with Gasteiger partial charge in [-0.05, 0) is 34.7 Å². The van der Waals surface area contributed by atoms with Crippen LogP contribution in [0.1, 0.15) is 36.8 Å². The number of aliphatic hydroxyl groups is 1. The molecule has 0 radical (unpaired) electrons. The van der Waals surface area contributed by atoms with E-state index in [0.717, 1.165) is 22.4 Å². The van der Waals surface area contributed by atoms with Gasteiger partial charge in [0.15, 0.2) is 17.0 Å². The second kappa shape index (κ2) is 10.7. The highest BCUT2D eigenvalue weighted by atomic mass is 16.5. The molecule has 8 heteroatoms. The molecule has 0 spiro atoms. The summed E-state index contributed by atoms with van der Waals surface area (Å²) >= 11 is 0. The fourth-order valence-corrected chi connectivity index (χ4v) is 5.79. The van der Waals surface area contributed by atoms with E-state index in [2.05, 4.69) is 60.5 Å². The smallest absolute Gasteiger partial charge is 0.167 e. The van der Waals surface area contributed by atoms with Gasteiger partial charge in [-0.1, -0.05) is 86.6 Å². The number of hydrogen-bond acceptors (Lipinski definition) is 7. The highest BCUT2D eigenvalue weighted by Crippen LogP contribution is 2.43. The molecule has 6 rings (SSSR count). The third-order valence-electron chi connectivity index (χ3n) is 8.24. The average Bonchev–Trinajstić information content (AvgIpc) is 3.57. The molecule has 8 nitrogen and oxygen atoms in total. The Hall–Kier alpha value is -4.27. The Morgan fingerprint density at radius 3 is 2.05 bits per heavy atom. The van der Waals surface area contributed by atoms with Crippen LogP contribution in [0.5, 0.6) is 5.75 Å². The Morgan fingerprint density at radius 1 is 0.850 bits per heavy atom. The second-order valence-corrected chi connectivity index (χ2v) is 10.3. The molecule has 3 aromatic carbocycles. The molecule has 5 aromatic rings. The summed E-state index contributed by atoms with van der Waals surface area (Å²) in [6.07, 6.45) is 2.81. The standard InChI is InChI=1S/C32H33N5O3/c1-21-22(2)31(40-27(21)18-38)37-20-35-28-29(33-19-34-30(28)37)36-32(23-10-6-4-7-11-23,24-12-8-5-9-13-24)25-14-16-26(39-3)17-15-25/h4-17,19-22,27,31,38H,18H2,1-3H3,(H,33,34,36)/t21?,22?,27-,31-/m1/s1. The van der Waals surface area contributed by atoms with E-state index in [1.54, 1.807) is 19.8 Å². The molecule has 2 unspecified atom stereocenters. The monoisotopic (exact) mass is 535 g/mol. The fraction of sp³-hybridized carbons (Fsp3) is 0.281. The van der Waals surface area contributed by atoms with Crippen molar-refractivity contribution in [1.29, 1.82) is 0 Å². The molecule has 3 heterocycles. The third-order valence-corrected chi connectivity index (χ3v) is 8.24. The number of methoxy groups -OCH3 is 1. The Morgan fingerprint density at radius 2 is 1.48 bits per heavy atom. The Bertz CT molecular complexity index is 1530. The highest BCUT2D eigenvalue weighted by Gasteiger charge is 2.41. The molecular weight excluding hydrogens is 502 g/mol. The maximum absolute atomic E-state index is 9.82. The number of nitrogens with zero attached hydrogens (tertiary/aromatic N) is 4. The topological polar surface area (TPSA) is 94.3 Å². The van der Waals surface area contributed by atoms with Gasteiger partial charge in [0.25, 0.3) is 0 Å². The molecule has 1 fully saturated rings. The van der Waals surface area contributed by atoms with Crippen LogP contribution in [-0.2, 0) is 10.3 Å². The zero-order chi connectivity index (χ0) is 27.7. The molecule has 2 N–H and O–H groups in total. The number of aliphatic hydroxyl groups excluding tert-OH is 1. The first-order chi connectivity index (χ1) is 19.6. The van der Waals surface area contributed by atoms with E-state index in [4.69, 9.17) is 19.4 Å². The van der Waals surface area contributed by atoms with Crippen molar-refractivity contribution < 1.29 is 14.6 Å². The number of fused-ring (bicyclic) bond motifs is 1. The van der Waals surface area contributed by atoms with Crippen molar-refractivity contribution >= 4 is 17.0 Å². The van der Waals surface area contributed by atoms with Gasteiger partial charge >= 0.3 is 0 Å². The summed E-state index contributed by atoms with van der Waals surface area (Å²) in [4.78, 5) is 14.1. The highest BCUT2D eigenvalue weighted by molar-refractivity contribution is 5.84. The van der Waals surface area contributed by atoms with E-state index in [-0.39, 0.29) is 30.8 Å². The number of rotatable bonds is 8. The predicted octanol–water partition coefficient (Wildman–Crippen LogP) is 5.40. The summed E-state index contributed by atoms with van der Waals surface area (Å²) in [5.41, 5.74) is 3.63. The van der Waals surface area contributed by atoms with Crippen molar-refractivity contribution in [2.45, 2.75) is 31.7 Å². The molecule has 40 heavy (non-hydrogen) atoms. The minimum absolute atomic E-state index is 0.0189. The molecule has 204 valence electrons. The van der Waals surface area contributed by atoms with E-state index in [1.807, 2.05) is 53.1 Å². The minimum atomic E-state index is -0.798. The van der Waals surface area contributed by atoms with Crippen molar-refractivity contribution in [3.63, 3.8) is 0 Å².